The third kappa shape index (κ3) is 3.15. The second-order valence-corrected chi connectivity index (χ2v) is 5.49. The summed E-state index contributed by atoms with van der Waals surface area (Å²) in [6.45, 7) is 1.81. The molecule has 122 valence electrons. The first-order valence-electron chi connectivity index (χ1n) is 7.54. The molecule has 0 bridgehead atoms. The number of fused-ring (bicyclic) bond motifs is 1. The van der Waals surface area contributed by atoms with Gasteiger partial charge in [0.1, 0.15) is 5.75 Å². The van der Waals surface area contributed by atoms with Gasteiger partial charge in [0.05, 0.1) is 12.6 Å². The fourth-order valence-corrected chi connectivity index (χ4v) is 2.58. The molecule has 0 radical (unpaired) electrons. The summed E-state index contributed by atoms with van der Waals surface area (Å²) in [6.07, 6.45) is 0. The molecule has 1 aromatic heterocycles. The number of aromatic nitrogens is 1. The van der Waals surface area contributed by atoms with Crippen molar-refractivity contribution in [2.24, 2.45) is 5.73 Å². The number of rotatable bonds is 5. The lowest BCUT2D eigenvalue weighted by molar-refractivity contribution is -0.119. The number of methoxy groups -OCH3 is 1. The Bertz CT molecular complexity index is 906. The van der Waals surface area contributed by atoms with Crippen LogP contribution in [0.4, 0.5) is 0 Å². The Kier molecular flexibility index (Phi) is 4.33. The van der Waals surface area contributed by atoms with Crippen molar-refractivity contribution in [3.8, 4) is 22.8 Å². The predicted octanol–water partition coefficient (Wildman–Crippen LogP) is 3.08. The predicted molar refractivity (Wildman–Crippen MR) is 93.2 cm³/mol. The van der Waals surface area contributed by atoms with Gasteiger partial charge in [0.2, 0.25) is 5.88 Å². The van der Waals surface area contributed by atoms with E-state index in [2.05, 4.69) is 4.98 Å². The minimum absolute atomic E-state index is 0.181. The zero-order valence-electron chi connectivity index (χ0n) is 13.6. The molecule has 0 fully saturated rings. The monoisotopic (exact) mass is 322 g/mol. The van der Waals surface area contributed by atoms with Crippen molar-refractivity contribution in [2.75, 3.05) is 13.7 Å². The van der Waals surface area contributed by atoms with Crippen LogP contribution in [0.1, 0.15) is 5.56 Å². The average Bonchev–Trinajstić information content (AvgIpc) is 2.59. The molecule has 3 rings (SSSR count). The third-order valence-electron chi connectivity index (χ3n) is 3.68. The zero-order chi connectivity index (χ0) is 17.1. The second-order valence-electron chi connectivity index (χ2n) is 5.49. The number of nitrogens with zero attached hydrogens (tertiary/aromatic N) is 1. The molecule has 2 N–H and O–H groups in total. The van der Waals surface area contributed by atoms with E-state index in [1.807, 2.05) is 55.5 Å². The Balaban J connectivity index is 2.18. The number of carbonyl (C=O) groups is 1. The Labute approximate surface area is 140 Å². The van der Waals surface area contributed by atoms with Crippen molar-refractivity contribution in [3.05, 3.63) is 54.1 Å². The zero-order valence-corrected chi connectivity index (χ0v) is 13.6. The van der Waals surface area contributed by atoms with Gasteiger partial charge in [-0.2, -0.15) is 0 Å². The second kappa shape index (κ2) is 6.58. The minimum Gasteiger partial charge on any atom is -0.483 e. The number of aryl methyl sites for hydroxylation is 1. The van der Waals surface area contributed by atoms with E-state index in [9.17, 15) is 4.79 Å². The van der Waals surface area contributed by atoms with Crippen LogP contribution in [0.25, 0.3) is 22.0 Å². The van der Waals surface area contributed by atoms with E-state index in [4.69, 9.17) is 15.2 Å². The Morgan fingerprint density at radius 2 is 1.92 bits per heavy atom. The average molecular weight is 322 g/mol. The number of pyridine rings is 1. The molecule has 24 heavy (non-hydrogen) atoms. The lowest BCUT2D eigenvalue weighted by atomic mass is 10.0. The fraction of sp³-hybridized carbons (Fsp3) is 0.158. The van der Waals surface area contributed by atoms with Crippen molar-refractivity contribution in [1.29, 1.82) is 0 Å². The third-order valence-corrected chi connectivity index (χ3v) is 3.68. The summed E-state index contributed by atoms with van der Waals surface area (Å²) in [5.74, 6) is 0.545. The molecule has 0 aliphatic heterocycles. The first-order chi connectivity index (χ1) is 11.6. The van der Waals surface area contributed by atoms with Crippen LogP contribution in [0.5, 0.6) is 11.6 Å². The fourth-order valence-electron chi connectivity index (χ4n) is 2.58. The Hall–Kier alpha value is -3.08. The lowest BCUT2D eigenvalue weighted by Crippen LogP contribution is -2.20. The minimum atomic E-state index is -0.523. The maximum absolute atomic E-state index is 11.0. The highest BCUT2D eigenvalue weighted by Gasteiger charge is 2.15. The quantitative estimate of drug-likeness (QED) is 0.783. The number of nitrogens with two attached hydrogens (primary N) is 1. The van der Waals surface area contributed by atoms with E-state index in [0.29, 0.717) is 11.6 Å². The molecule has 5 nitrogen and oxygen atoms in total. The molecule has 0 saturated carbocycles. The normalized spacial score (nSPS) is 10.6. The first-order valence-corrected chi connectivity index (χ1v) is 7.54. The highest BCUT2D eigenvalue weighted by molar-refractivity contribution is 5.88. The molecule has 1 amide bonds. The number of amides is 1. The van der Waals surface area contributed by atoms with Gasteiger partial charge in [0.25, 0.3) is 5.91 Å². The van der Waals surface area contributed by atoms with Crippen molar-refractivity contribution in [3.63, 3.8) is 0 Å². The number of hydrogen-bond donors (Lipinski definition) is 1. The van der Waals surface area contributed by atoms with Crippen molar-refractivity contribution in [1.82, 2.24) is 4.98 Å². The van der Waals surface area contributed by atoms with Gasteiger partial charge in [0, 0.05) is 16.5 Å². The van der Waals surface area contributed by atoms with Crippen LogP contribution >= 0.6 is 0 Å². The standard InChI is InChI=1S/C19H18N2O3/c1-12-7-8-17(24-11-18(20)22)14(9-12)15-10-13-5-3-4-6-16(13)21-19(15)23-2/h3-10H,11H2,1-2H3,(H2,20,22). The van der Waals surface area contributed by atoms with Gasteiger partial charge in [-0.05, 0) is 31.2 Å². The highest BCUT2D eigenvalue weighted by Crippen LogP contribution is 2.37. The molecule has 0 atom stereocenters. The number of primary amides is 1. The van der Waals surface area contributed by atoms with E-state index < -0.39 is 5.91 Å². The smallest absolute Gasteiger partial charge is 0.255 e. The van der Waals surface area contributed by atoms with Crippen LogP contribution in [-0.2, 0) is 4.79 Å². The van der Waals surface area contributed by atoms with Crippen LogP contribution in [0.15, 0.2) is 48.5 Å². The first kappa shape index (κ1) is 15.8. The molecule has 0 unspecified atom stereocenters. The Morgan fingerprint density at radius 3 is 2.67 bits per heavy atom. The van der Waals surface area contributed by atoms with Gasteiger partial charge in [0.15, 0.2) is 6.61 Å². The maximum Gasteiger partial charge on any atom is 0.255 e. The summed E-state index contributed by atoms with van der Waals surface area (Å²) in [5, 5.41) is 0.996. The molecule has 0 aliphatic rings. The molecule has 3 aromatic rings. The summed E-state index contributed by atoms with van der Waals surface area (Å²) in [6, 6.07) is 15.5. The van der Waals surface area contributed by atoms with Gasteiger partial charge in [-0.1, -0.05) is 29.8 Å². The Morgan fingerprint density at radius 1 is 1.12 bits per heavy atom. The molecule has 0 spiro atoms. The lowest BCUT2D eigenvalue weighted by Gasteiger charge is -2.14. The summed E-state index contributed by atoms with van der Waals surface area (Å²) < 4.78 is 11.0. The molecule has 0 aliphatic carbocycles. The van der Waals surface area contributed by atoms with Gasteiger partial charge in [-0.15, -0.1) is 0 Å². The topological polar surface area (TPSA) is 74.4 Å². The summed E-state index contributed by atoms with van der Waals surface area (Å²) in [5.41, 5.74) is 8.72. The van der Waals surface area contributed by atoms with Crippen LogP contribution in [0, 0.1) is 6.92 Å². The van der Waals surface area contributed by atoms with Crippen molar-refractivity contribution < 1.29 is 14.3 Å². The highest BCUT2D eigenvalue weighted by atomic mass is 16.5. The van der Waals surface area contributed by atoms with Crippen LogP contribution in [0.3, 0.4) is 0 Å². The summed E-state index contributed by atoms with van der Waals surface area (Å²) in [4.78, 5) is 15.6. The molecular formula is C19H18N2O3. The number of benzene rings is 2. The number of para-hydroxylation sites is 1. The van der Waals surface area contributed by atoms with E-state index >= 15 is 0 Å². The number of carbonyl (C=O) groups excluding carboxylic acids is 1. The van der Waals surface area contributed by atoms with Gasteiger partial charge >= 0.3 is 0 Å². The number of ether oxygens (including phenoxy) is 2. The van der Waals surface area contributed by atoms with Gasteiger partial charge < -0.3 is 15.2 Å². The molecule has 5 heteroatoms. The van der Waals surface area contributed by atoms with Crippen molar-refractivity contribution >= 4 is 16.8 Å². The van der Waals surface area contributed by atoms with Crippen LogP contribution in [0.2, 0.25) is 0 Å². The largest absolute Gasteiger partial charge is 0.483 e. The summed E-state index contributed by atoms with van der Waals surface area (Å²) >= 11 is 0. The molecule has 1 heterocycles. The van der Waals surface area contributed by atoms with Crippen molar-refractivity contribution in [2.45, 2.75) is 6.92 Å². The van der Waals surface area contributed by atoms with Crippen LogP contribution < -0.4 is 15.2 Å². The van der Waals surface area contributed by atoms with E-state index in [0.717, 1.165) is 27.6 Å². The maximum atomic E-state index is 11.0. The van der Waals surface area contributed by atoms with Crippen LogP contribution in [-0.4, -0.2) is 24.6 Å². The summed E-state index contributed by atoms with van der Waals surface area (Å²) in [7, 11) is 1.58. The van der Waals surface area contributed by atoms with E-state index in [1.54, 1.807) is 7.11 Å². The SMILES string of the molecule is COc1nc2ccccc2cc1-c1cc(C)ccc1OCC(N)=O. The van der Waals surface area contributed by atoms with Gasteiger partial charge in [-0.25, -0.2) is 4.98 Å². The van der Waals surface area contributed by atoms with E-state index in [1.165, 1.54) is 0 Å². The molecule has 0 saturated heterocycles. The molecule has 2 aromatic carbocycles. The van der Waals surface area contributed by atoms with E-state index in [-0.39, 0.29) is 6.61 Å². The number of hydrogen-bond acceptors (Lipinski definition) is 4. The molecular weight excluding hydrogens is 304 g/mol. The van der Waals surface area contributed by atoms with Gasteiger partial charge in [-0.3, -0.25) is 4.79 Å².